The molecule has 2 N–H and O–H groups in total. The number of fused-ring (bicyclic) bond motifs is 1. The molecule has 96 valence electrons. The molecule has 3 rings (SSSR count). The van der Waals surface area contributed by atoms with Crippen molar-refractivity contribution in [1.82, 2.24) is 4.98 Å². The molecule has 2 aromatic carbocycles. The fourth-order valence-electron chi connectivity index (χ4n) is 1.86. The molecular weight excluding hydrogens is 262 g/mol. The van der Waals surface area contributed by atoms with Gasteiger partial charge >= 0.3 is 0 Å². The van der Waals surface area contributed by atoms with Crippen LogP contribution in [0.15, 0.2) is 36.4 Å². The molecule has 4 nitrogen and oxygen atoms in total. The number of ether oxygens (including phenoxy) is 1. The predicted molar refractivity (Wildman–Crippen MR) is 74.9 cm³/mol. The predicted octanol–water partition coefficient (Wildman–Crippen LogP) is 3.38. The summed E-state index contributed by atoms with van der Waals surface area (Å²) in [5, 5.41) is 20.0. The Balaban J connectivity index is 2.11. The molecule has 0 aliphatic carbocycles. The third kappa shape index (κ3) is 2.08. The maximum atomic E-state index is 9.78. The Morgan fingerprint density at radius 2 is 1.95 bits per heavy atom. The summed E-state index contributed by atoms with van der Waals surface area (Å²) >= 11 is 1.46. The molecular formula is C14H11NO3S. The first-order chi connectivity index (χ1) is 9.17. The largest absolute Gasteiger partial charge is 0.508 e. The minimum absolute atomic E-state index is 0.0853. The van der Waals surface area contributed by atoms with Gasteiger partial charge in [0.2, 0.25) is 0 Å². The van der Waals surface area contributed by atoms with E-state index in [1.54, 1.807) is 30.3 Å². The van der Waals surface area contributed by atoms with Crippen LogP contribution in [0.3, 0.4) is 0 Å². The summed E-state index contributed by atoms with van der Waals surface area (Å²) < 4.78 is 5.92. The van der Waals surface area contributed by atoms with Gasteiger partial charge < -0.3 is 14.9 Å². The zero-order chi connectivity index (χ0) is 13.4. The van der Waals surface area contributed by atoms with Gasteiger partial charge in [-0.15, -0.1) is 11.3 Å². The van der Waals surface area contributed by atoms with Crippen LogP contribution in [0, 0.1) is 0 Å². The number of phenolic OH excluding ortho intramolecular Hbond substituents is 2. The molecule has 1 aromatic heterocycles. The van der Waals surface area contributed by atoms with Crippen LogP contribution in [0.1, 0.15) is 0 Å². The van der Waals surface area contributed by atoms with Crippen LogP contribution in [-0.2, 0) is 0 Å². The highest BCUT2D eigenvalue weighted by Gasteiger charge is 2.09. The first-order valence-electron chi connectivity index (χ1n) is 5.64. The highest BCUT2D eigenvalue weighted by atomic mass is 32.1. The Labute approximate surface area is 113 Å². The minimum atomic E-state index is 0.0853. The van der Waals surface area contributed by atoms with Gasteiger partial charge in [-0.1, -0.05) is 0 Å². The Morgan fingerprint density at radius 1 is 1.11 bits per heavy atom. The summed E-state index contributed by atoms with van der Waals surface area (Å²) in [7, 11) is 1.51. The maximum absolute atomic E-state index is 9.78. The average Bonchev–Trinajstić information content (AvgIpc) is 2.81. The number of aromatic nitrogens is 1. The number of methoxy groups -OCH3 is 1. The molecule has 0 fully saturated rings. The normalized spacial score (nSPS) is 10.8. The molecule has 0 radical (unpaired) electrons. The third-order valence-corrected chi connectivity index (χ3v) is 3.87. The summed E-state index contributed by atoms with van der Waals surface area (Å²) in [5.74, 6) is 0.741. The van der Waals surface area contributed by atoms with E-state index in [0.29, 0.717) is 5.75 Å². The molecule has 0 atom stereocenters. The number of aromatic hydroxyl groups is 2. The van der Waals surface area contributed by atoms with E-state index >= 15 is 0 Å². The van der Waals surface area contributed by atoms with Crippen LogP contribution in [-0.4, -0.2) is 22.3 Å². The molecule has 0 saturated heterocycles. The number of thiazole rings is 1. The Morgan fingerprint density at radius 3 is 2.68 bits per heavy atom. The van der Waals surface area contributed by atoms with Gasteiger partial charge in [0, 0.05) is 5.56 Å². The van der Waals surface area contributed by atoms with Gasteiger partial charge in [0.15, 0.2) is 11.5 Å². The molecule has 1 heterocycles. The lowest BCUT2D eigenvalue weighted by Crippen LogP contribution is -1.84. The van der Waals surface area contributed by atoms with Gasteiger partial charge in [0.25, 0.3) is 0 Å². The lowest BCUT2D eigenvalue weighted by Gasteiger charge is -2.03. The SMILES string of the molecule is COc1ccc(-c2nc3ccc(O)cc3s2)cc1O. The molecule has 19 heavy (non-hydrogen) atoms. The second-order valence-electron chi connectivity index (χ2n) is 4.06. The van der Waals surface area contributed by atoms with Gasteiger partial charge in [0.1, 0.15) is 10.8 Å². The fraction of sp³-hybridized carbons (Fsp3) is 0.0714. The van der Waals surface area contributed by atoms with Crippen molar-refractivity contribution < 1.29 is 14.9 Å². The highest BCUT2D eigenvalue weighted by molar-refractivity contribution is 7.21. The molecule has 0 spiro atoms. The van der Waals surface area contributed by atoms with Gasteiger partial charge in [0.05, 0.1) is 17.3 Å². The quantitative estimate of drug-likeness (QED) is 0.751. The van der Waals surface area contributed by atoms with E-state index in [2.05, 4.69) is 4.98 Å². The summed E-state index contributed by atoms with van der Waals surface area (Å²) in [6, 6.07) is 10.2. The molecule has 0 amide bonds. The summed E-state index contributed by atoms with van der Waals surface area (Å²) in [4.78, 5) is 4.48. The van der Waals surface area contributed by atoms with E-state index in [9.17, 15) is 10.2 Å². The zero-order valence-corrected chi connectivity index (χ0v) is 10.9. The Kier molecular flexibility index (Phi) is 2.76. The van der Waals surface area contributed by atoms with Crippen molar-refractivity contribution in [2.24, 2.45) is 0 Å². The van der Waals surface area contributed by atoms with Gasteiger partial charge in [-0.2, -0.15) is 0 Å². The molecule has 0 aliphatic heterocycles. The number of nitrogens with zero attached hydrogens (tertiary/aromatic N) is 1. The second kappa shape index (κ2) is 4.44. The molecule has 0 aliphatic rings. The van der Waals surface area contributed by atoms with Crippen molar-refractivity contribution >= 4 is 21.6 Å². The summed E-state index contributed by atoms with van der Waals surface area (Å²) in [6.45, 7) is 0. The van der Waals surface area contributed by atoms with E-state index in [-0.39, 0.29) is 11.5 Å². The lowest BCUT2D eigenvalue weighted by molar-refractivity contribution is 0.373. The van der Waals surface area contributed by atoms with Crippen LogP contribution in [0.25, 0.3) is 20.8 Å². The van der Waals surface area contributed by atoms with Gasteiger partial charge in [-0.05, 0) is 36.4 Å². The second-order valence-corrected chi connectivity index (χ2v) is 5.09. The van der Waals surface area contributed by atoms with Gasteiger partial charge in [-0.3, -0.25) is 0 Å². The maximum Gasteiger partial charge on any atom is 0.160 e. The van der Waals surface area contributed by atoms with Crippen LogP contribution >= 0.6 is 11.3 Å². The number of hydrogen-bond acceptors (Lipinski definition) is 5. The minimum Gasteiger partial charge on any atom is -0.508 e. The van der Waals surface area contributed by atoms with E-state index in [4.69, 9.17) is 4.74 Å². The van der Waals surface area contributed by atoms with Crippen LogP contribution in [0.2, 0.25) is 0 Å². The van der Waals surface area contributed by atoms with Crippen molar-refractivity contribution in [3.63, 3.8) is 0 Å². The standard InChI is InChI=1S/C14H11NO3S/c1-18-12-5-2-8(6-11(12)17)14-15-10-4-3-9(16)7-13(10)19-14/h2-7,16-17H,1H3. The molecule has 3 aromatic rings. The van der Waals surface area contributed by atoms with Crippen LogP contribution < -0.4 is 4.74 Å². The average molecular weight is 273 g/mol. The summed E-state index contributed by atoms with van der Waals surface area (Å²) in [6.07, 6.45) is 0. The van der Waals surface area contributed by atoms with Crippen molar-refractivity contribution in [3.8, 4) is 27.8 Å². The zero-order valence-electron chi connectivity index (χ0n) is 10.1. The lowest BCUT2D eigenvalue weighted by atomic mass is 10.2. The van der Waals surface area contributed by atoms with Crippen molar-refractivity contribution in [1.29, 1.82) is 0 Å². The number of rotatable bonds is 2. The fourth-order valence-corrected chi connectivity index (χ4v) is 2.85. The molecule has 0 unspecified atom stereocenters. The number of benzene rings is 2. The molecule has 5 heteroatoms. The number of hydrogen-bond donors (Lipinski definition) is 2. The Bertz CT molecular complexity index is 752. The van der Waals surface area contributed by atoms with E-state index in [1.807, 2.05) is 6.07 Å². The van der Waals surface area contributed by atoms with Gasteiger partial charge in [-0.25, -0.2) is 4.98 Å². The highest BCUT2D eigenvalue weighted by Crippen LogP contribution is 2.36. The first-order valence-corrected chi connectivity index (χ1v) is 6.46. The molecule has 0 saturated carbocycles. The van der Waals surface area contributed by atoms with Crippen molar-refractivity contribution in [2.45, 2.75) is 0 Å². The van der Waals surface area contributed by atoms with E-state index < -0.39 is 0 Å². The topological polar surface area (TPSA) is 62.6 Å². The number of phenols is 2. The summed E-state index contributed by atoms with van der Waals surface area (Å²) in [5.41, 5.74) is 1.65. The molecule has 0 bridgehead atoms. The third-order valence-electron chi connectivity index (χ3n) is 2.80. The van der Waals surface area contributed by atoms with Crippen molar-refractivity contribution in [2.75, 3.05) is 7.11 Å². The Hall–Kier alpha value is -2.27. The van der Waals surface area contributed by atoms with Crippen LogP contribution in [0.4, 0.5) is 0 Å². The smallest absolute Gasteiger partial charge is 0.160 e. The van der Waals surface area contributed by atoms with E-state index in [0.717, 1.165) is 20.8 Å². The monoisotopic (exact) mass is 273 g/mol. The van der Waals surface area contributed by atoms with Crippen molar-refractivity contribution in [3.05, 3.63) is 36.4 Å². The van der Waals surface area contributed by atoms with Crippen LogP contribution in [0.5, 0.6) is 17.2 Å². The first kappa shape index (κ1) is 11.8. The van der Waals surface area contributed by atoms with E-state index in [1.165, 1.54) is 18.4 Å².